The summed E-state index contributed by atoms with van der Waals surface area (Å²) in [6.07, 6.45) is 0. The monoisotopic (exact) mass is 441 g/mol. The zero-order chi connectivity index (χ0) is 9.91. The van der Waals surface area contributed by atoms with Gasteiger partial charge >= 0.3 is 43.1 Å². The van der Waals surface area contributed by atoms with Gasteiger partial charge in [0.15, 0.2) is 0 Å². The van der Waals surface area contributed by atoms with Crippen LogP contribution in [-0.2, 0) is 21.0 Å². The molecule has 0 aromatic carbocycles. The van der Waals surface area contributed by atoms with Crippen molar-refractivity contribution in [2.45, 2.75) is 0 Å². The molecule has 7 N–H and O–H groups in total. The van der Waals surface area contributed by atoms with Crippen LogP contribution in [-0.4, -0.2) is 14.7 Å². The third kappa shape index (κ3) is 2980. The van der Waals surface area contributed by atoms with Crippen molar-refractivity contribution in [2.75, 3.05) is 0 Å². The van der Waals surface area contributed by atoms with Crippen molar-refractivity contribution in [3.8, 4) is 0 Å². The molecule has 0 bridgehead atoms. The summed E-state index contributed by atoms with van der Waals surface area (Å²) >= 11 is -0.472. The van der Waals surface area contributed by atoms with Gasteiger partial charge in [-0.15, -0.1) is 5.34 Å². The first-order valence-electron chi connectivity index (χ1n) is 1.39. The van der Waals surface area contributed by atoms with Crippen LogP contribution in [0.4, 0.5) is 0 Å². The largest absolute Gasteiger partial charge is 0.693 e. The Hall–Kier alpha value is 0.698. The van der Waals surface area contributed by atoms with Crippen LogP contribution in [0.15, 0.2) is 5.34 Å². The molecule has 13 heavy (non-hydrogen) atoms. The molecule has 9 nitrogen and oxygen atoms in total. The van der Waals surface area contributed by atoms with Crippen molar-refractivity contribution in [3.05, 3.63) is 22.4 Å². The van der Waals surface area contributed by atoms with Crippen LogP contribution >= 0.6 is 26.7 Å². The maximum absolute atomic E-state index is 8.88. The van der Waals surface area contributed by atoms with E-state index in [0.29, 0.717) is 0 Å². The fraction of sp³-hybridized carbons (Fsp3) is 0. The van der Waals surface area contributed by atoms with E-state index in [2.05, 4.69) is 0 Å². The average Bonchev–Trinajstić information content (AvgIpc) is 1.62. The van der Waals surface area contributed by atoms with Gasteiger partial charge in [-0.05, 0) is 0 Å². The van der Waals surface area contributed by atoms with Crippen molar-refractivity contribution < 1.29 is 35.7 Å². The molecule has 0 aromatic heterocycles. The Morgan fingerprint density at radius 2 is 1.23 bits per heavy atom. The molecule has 0 aliphatic heterocycles. The normalized spacial score (nSPS) is 7.15. The first kappa shape index (κ1) is 29.2. The molecule has 13 heteroatoms. The van der Waals surface area contributed by atoms with Gasteiger partial charge in [0.25, 0.3) is 0 Å². The number of halogens is 2. The van der Waals surface area contributed by atoms with E-state index in [-0.39, 0.29) is 12.3 Å². The van der Waals surface area contributed by atoms with Gasteiger partial charge in [-0.1, -0.05) is 0 Å². The summed E-state index contributed by atoms with van der Waals surface area (Å²) < 4.78 is 8.88. The number of phosphoric acid groups is 1. The van der Waals surface area contributed by atoms with E-state index in [1.807, 2.05) is 0 Å². The summed E-state index contributed by atoms with van der Waals surface area (Å²) in [6.45, 7) is 0. The molecule has 0 atom stereocenters. The number of nitrogens with two attached hydrogens (primary N) is 2. The maximum Gasteiger partial charge on any atom is -0.693 e. The number of hydrogen-bond donors (Lipinski definition) is 3. The minimum Gasteiger partial charge on any atom is -0.693 e. The van der Waals surface area contributed by atoms with Gasteiger partial charge in [0.1, 0.15) is 0 Å². The van der Waals surface area contributed by atoms with Crippen molar-refractivity contribution >= 4 is 26.7 Å². The van der Waals surface area contributed by atoms with Crippen molar-refractivity contribution in [2.24, 2.45) is 5.34 Å². The van der Waals surface area contributed by atoms with E-state index in [4.69, 9.17) is 48.2 Å². The van der Waals surface area contributed by atoms with Crippen LogP contribution in [0.1, 0.15) is 0 Å². The molecule has 0 amide bonds. The van der Waals surface area contributed by atoms with E-state index < -0.39 is 24.3 Å². The Morgan fingerprint density at radius 1 is 1.23 bits per heavy atom. The van der Waals surface area contributed by atoms with Gasteiger partial charge in [0, 0.05) is 0 Å². The summed E-state index contributed by atoms with van der Waals surface area (Å²) in [5.74, 6) is 0. The summed E-state index contributed by atoms with van der Waals surface area (Å²) in [4.78, 5) is 29.6. The Balaban J connectivity index is -0.0000000240. The van der Waals surface area contributed by atoms with Gasteiger partial charge < -0.3 is 37.1 Å². The van der Waals surface area contributed by atoms with E-state index >= 15 is 0 Å². The Morgan fingerprint density at radius 3 is 1.23 bits per heavy atom. The van der Waals surface area contributed by atoms with E-state index in [1.54, 1.807) is 0 Å². The molecule has 0 fully saturated rings. The molecular formula is H7Cl2N3O6PPt-. The maximum atomic E-state index is 8.88. The Bertz CT molecular complexity index is 110. The smallest absolute Gasteiger partial charge is 0.693 e. The second-order valence-corrected chi connectivity index (χ2v) is 4.94. The van der Waals surface area contributed by atoms with Gasteiger partial charge in [-0.25, -0.2) is 4.57 Å². The standard InChI is InChI=1S/2ClH.HNO2.2H2N.H3O4P.Pt/c;;2-1-3;;;1-5(2,3)4;/h2*1H;(H,2,3);2*1H2;(H3,1,2,3,4);/q;;;2*-1;;+4/p-3. The molecule has 0 unspecified atom stereocenters. The quantitative estimate of drug-likeness (QED) is 0.292. The number of rotatable bonds is 0. The van der Waals surface area contributed by atoms with Crippen LogP contribution < -0.4 is 0 Å². The average molecular weight is 442 g/mol. The fourth-order valence-corrected chi connectivity index (χ4v) is 0. The zero-order valence-corrected chi connectivity index (χ0v) is 10.4. The van der Waals surface area contributed by atoms with Crippen molar-refractivity contribution in [1.82, 2.24) is 0 Å². The third-order valence-corrected chi connectivity index (χ3v) is 0. The second kappa shape index (κ2) is 23.0. The van der Waals surface area contributed by atoms with Crippen LogP contribution in [0, 0.1) is 10.1 Å². The summed E-state index contributed by atoms with van der Waals surface area (Å²) in [5, 5.41) is 9.00. The molecule has 0 radical (unpaired) electrons. The van der Waals surface area contributed by atoms with E-state index in [1.165, 1.54) is 0 Å². The topological polar surface area (TPSA) is 197 Å². The number of hydrogen-bond acceptors (Lipinski definition) is 4. The first-order chi connectivity index (χ1) is 4.83. The molecule has 0 aliphatic carbocycles. The molecule has 0 aliphatic rings. The number of nitrogens with zero attached hydrogens (tertiary/aromatic N) is 1. The van der Waals surface area contributed by atoms with Crippen LogP contribution in [0.25, 0.3) is 12.3 Å². The predicted molar refractivity (Wildman–Crippen MR) is 45.7 cm³/mol. The Labute approximate surface area is 90.2 Å². The molecule has 0 heterocycles. The third-order valence-electron chi connectivity index (χ3n) is 0. The zero-order valence-electron chi connectivity index (χ0n) is 5.69. The van der Waals surface area contributed by atoms with E-state index in [9.17, 15) is 0 Å². The fourth-order valence-electron chi connectivity index (χ4n) is 0. The Kier molecular flexibility index (Phi) is 51.6. The molecule has 0 rings (SSSR count). The molecule has 0 saturated carbocycles. The molecule has 0 aromatic rings. The van der Waals surface area contributed by atoms with Crippen LogP contribution in [0.2, 0.25) is 0 Å². The predicted octanol–water partition coefficient (Wildman–Crippen LogP) is 2.13. The summed E-state index contributed by atoms with van der Waals surface area (Å²) in [7, 11) is 5.11. The van der Waals surface area contributed by atoms with Gasteiger partial charge in [0.2, 0.25) is 0 Å². The van der Waals surface area contributed by atoms with Gasteiger partial charge in [-0.2, -0.15) is 0 Å². The SMILES string of the molecule is O=N[O-].O=P(O)(O)O.[Cl][Pt+2][Cl].[NH2-].[NH2-]. The minimum absolute atomic E-state index is 0. The second-order valence-electron chi connectivity index (χ2n) is 0.633. The molecule has 88 valence electrons. The summed E-state index contributed by atoms with van der Waals surface area (Å²) in [6, 6.07) is 0. The minimum atomic E-state index is -4.64. The summed E-state index contributed by atoms with van der Waals surface area (Å²) in [5.41, 5.74) is 0. The first-order valence-corrected chi connectivity index (χ1v) is 8.58. The van der Waals surface area contributed by atoms with E-state index in [0.717, 1.165) is 5.34 Å². The molecule has 0 saturated heterocycles. The van der Waals surface area contributed by atoms with Crippen molar-refractivity contribution in [1.29, 1.82) is 0 Å². The van der Waals surface area contributed by atoms with Crippen molar-refractivity contribution in [3.63, 3.8) is 0 Å². The van der Waals surface area contributed by atoms with Crippen LogP contribution in [0.5, 0.6) is 0 Å². The molecular weight excluding hydrogens is 435 g/mol. The van der Waals surface area contributed by atoms with Gasteiger partial charge in [-0.3, -0.25) is 0 Å². The van der Waals surface area contributed by atoms with Crippen LogP contribution in [0.3, 0.4) is 0 Å². The van der Waals surface area contributed by atoms with Gasteiger partial charge in [0.05, 0.1) is 0 Å². The molecule has 0 spiro atoms.